The lowest BCUT2D eigenvalue weighted by Crippen LogP contribution is -2.28. The van der Waals surface area contributed by atoms with Crippen LogP contribution in [-0.2, 0) is 0 Å². The Morgan fingerprint density at radius 1 is 1.44 bits per heavy atom. The van der Waals surface area contributed by atoms with Crippen molar-refractivity contribution >= 4 is 11.4 Å². The standard InChI is InChI=1S/C12H17FN2O3/c1-2-3-6-14(7-8-16)12-9-10(13)4-5-11(12)15(17)18/h4-5,9,16H,2-3,6-8H2,1H3. The third-order valence-electron chi connectivity index (χ3n) is 2.63. The summed E-state index contributed by atoms with van der Waals surface area (Å²) in [6.07, 6.45) is 1.75. The maximum absolute atomic E-state index is 13.2. The zero-order chi connectivity index (χ0) is 13.5. The summed E-state index contributed by atoms with van der Waals surface area (Å²) in [5.41, 5.74) is 0.0865. The number of rotatable bonds is 7. The van der Waals surface area contributed by atoms with Gasteiger partial charge < -0.3 is 10.0 Å². The highest BCUT2D eigenvalue weighted by molar-refractivity contribution is 5.63. The normalized spacial score (nSPS) is 10.4. The molecule has 0 bridgehead atoms. The van der Waals surface area contributed by atoms with Crippen LogP contribution in [0, 0.1) is 15.9 Å². The van der Waals surface area contributed by atoms with Gasteiger partial charge in [-0.3, -0.25) is 10.1 Å². The van der Waals surface area contributed by atoms with Crippen LogP contribution >= 0.6 is 0 Å². The van der Waals surface area contributed by atoms with Gasteiger partial charge in [0.15, 0.2) is 0 Å². The molecule has 0 unspecified atom stereocenters. The zero-order valence-corrected chi connectivity index (χ0v) is 10.3. The van der Waals surface area contributed by atoms with E-state index in [9.17, 15) is 14.5 Å². The molecule has 0 aromatic heterocycles. The van der Waals surface area contributed by atoms with Gasteiger partial charge in [-0.2, -0.15) is 0 Å². The molecule has 18 heavy (non-hydrogen) atoms. The summed E-state index contributed by atoms with van der Waals surface area (Å²) < 4.78 is 13.2. The average Bonchev–Trinajstić information content (AvgIpc) is 2.34. The molecular weight excluding hydrogens is 239 g/mol. The van der Waals surface area contributed by atoms with Crippen molar-refractivity contribution in [1.29, 1.82) is 0 Å². The molecule has 1 rings (SSSR count). The minimum Gasteiger partial charge on any atom is -0.395 e. The van der Waals surface area contributed by atoms with E-state index in [4.69, 9.17) is 5.11 Å². The van der Waals surface area contributed by atoms with Crippen molar-refractivity contribution in [2.45, 2.75) is 19.8 Å². The van der Waals surface area contributed by atoms with Crippen molar-refractivity contribution in [3.05, 3.63) is 34.1 Å². The van der Waals surface area contributed by atoms with Gasteiger partial charge in [-0.05, 0) is 12.5 Å². The van der Waals surface area contributed by atoms with E-state index in [1.54, 1.807) is 4.90 Å². The molecule has 0 fully saturated rings. The van der Waals surface area contributed by atoms with Crippen molar-refractivity contribution in [3.8, 4) is 0 Å². The molecule has 0 saturated carbocycles. The Kier molecular flexibility index (Phi) is 5.51. The number of benzene rings is 1. The number of hydrogen-bond donors (Lipinski definition) is 1. The monoisotopic (exact) mass is 256 g/mol. The van der Waals surface area contributed by atoms with E-state index in [0.29, 0.717) is 6.54 Å². The van der Waals surface area contributed by atoms with Crippen molar-refractivity contribution in [3.63, 3.8) is 0 Å². The summed E-state index contributed by atoms with van der Waals surface area (Å²) in [5, 5.41) is 19.9. The second-order valence-corrected chi connectivity index (χ2v) is 3.95. The van der Waals surface area contributed by atoms with E-state index in [2.05, 4.69) is 0 Å². The summed E-state index contributed by atoms with van der Waals surface area (Å²) in [5.74, 6) is -0.518. The van der Waals surface area contributed by atoms with Crippen LogP contribution in [0.5, 0.6) is 0 Å². The van der Waals surface area contributed by atoms with E-state index in [1.807, 2.05) is 6.92 Å². The lowest BCUT2D eigenvalue weighted by molar-refractivity contribution is -0.384. The molecule has 0 aliphatic heterocycles. The van der Waals surface area contributed by atoms with Crippen molar-refractivity contribution in [2.24, 2.45) is 0 Å². The average molecular weight is 256 g/mol. The first-order valence-electron chi connectivity index (χ1n) is 5.90. The Balaban J connectivity index is 3.07. The molecule has 0 amide bonds. The molecule has 1 aromatic carbocycles. The van der Waals surface area contributed by atoms with Gasteiger partial charge >= 0.3 is 0 Å². The van der Waals surface area contributed by atoms with E-state index < -0.39 is 10.7 Å². The predicted molar refractivity (Wildman–Crippen MR) is 67.3 cm³/mol. The summed E-state index contributed by atoms with van der Waals surface area (Å²) >= 11 is 0. The molecule has 1 N–H and O–H groups in total. The molecule has 0 spiro atoms. The summed E-state index contributed by atoms with van der Waals surface area (Å²) in [6, 6.07) is 3.36. The van der Waals surface area contributed by atoms with Crippen LogP contribution in [0.2, 0.25) is 0 Å². The lowest BCUT2D eigenvalue weighted by atomic mass is 10.2. The van der Waals surface area contributed by atoms with Crippen LogP contribution in [-0.4, -0.2) is 29.7 Å². The number of aliphatic hydroxyl groups is 1. The van der Waals surface area contributed by atoms with Gasteiger partial charge in [-0.25, -0.2) is 4.39 Å². The molecule has 0 aliphatic rings. The van der Waals surface area contributed by atoms with Gasteiger partial charge in [0.25, 0.3) is 5.69 Å². The first-order valence-corrected chi connectivity index (χ1v) is 5.90. The molecule has 100 valence electrons. The number of aliphatic hydroxyl groups excluding tert-OH is 1. The summed E-state index contributed by atoms with van der Waals surface area (Å²) in [6.45, 7) is 2.68. The molecule has 6 heteroatoms. The smallest absolute Gasteiger partial charge is 0.292 e. The number of unbranched alkanes of at least 4 members (excludes halogenated alkanes) is 1. The van der Waals surface area contributed by atoms with Crippen molar-refractivity contribution in [2.75, 3.05) is 24.6 Å². The number of halogens is 1. The largest absolute Gasteiger partial charge is 0.395 e. The van der Waals surface area contributed by atoms with Crippen LogP contribution in [0.4, 0.5) is 15.8 Å². The minimum absolute atomic E-state index is 0.128. The van der Waals surface area contributed by atoms with Crippen LogP contribution in [0.3, 0.4) is 0 Å². The van der Waals surface area contributed by atoms with Crippen LogP contribution < -0.4 is 4.90 Å². The van der Waals surface area contributed by atoms with Crippen molar-refractivity contribution in [1.82, 2.24) is 0 Å². The van der Waals surface area contributed by atoms with Crippen molar-refractivity contribution < 1.29 is 14.4 Å². The third-order valence-corrected chi connectivity index (χ3v) is 2.63. The van der Waals surface area contributed by atoms with Crippen LogP contribution in [0.1, 0.15) is 19.8 Å². The molecule has 0 heterocycles. The maximum Gasteiger partial charge on any atom is 0.292 e. The second kappa shape index (κ2) is 6.90. The second-order valence-electron chi connectivity index (χ2n) is 3.95. The van der Waals surface area contributed by atoms with Gasteiger partial charge in [0.05, 0.1) is 11.5 Å². The van der Waals surface area contributed by atoms with Gasteiger partial charge in [-0.15, -0.1) is 0 Å². The number of nitro groups is 1. The zero-order valence-electron chi connectivity index (χ0n) is 10.3. The Bertz CT molecular complexity index is 412. The Morgan fingerprint density at radius 2 is 2.17 bits per heavy atom. The first kappa shape index (κ1) is 14.4. The highest BCUT2D eigenvalue weighted by Gasteiger charge is 2.19. The number of anilines is 1. The van der Waals surface area contributed by atoms with Crippen LogP contribution in [0.25, 0.3) is 0 Å². The highest BCUT2D eigenvalue weighted by Crippen LogP contribution is 2.29. The Labute approximate surface area is 105 Å². The fourth-order valence-corrected chi connectivity index (χ4v) is 1.73. The molecule has 0 atom stereocenters. The van der Waals surface area contributed by atoms with E-state index >= 15 is 0 Å². The Hall–Kier alpha value is -1.69. The fourth-order valence-electron chi connectivity index (χ4n) is 1.73. The molecule has 5 nitrogen and oxygen atoms in total. The lowest BCUT2D eigenvalue weighted by Gasteiger charge is -2.23. The molecule has 0 saturated heterocycles. The SMILES string of the molecule is CCCCN(CCO)c1cc(F)ccc1[N+](=O)[O-]. The number of hydrogen-bond acceptors (Lipinski definition) is 4. The van der Waals surface area contributed by atoms with Crippen LogP contribution in [0.15, 0.2) is 18.2 Å². The molecule has 0 aliphatic carbocycles. The third kappa shape index (κ3) is 3.66. The number of nitro benzene ring substituents is 1. The van der Waals surface area contributed by atoms with Gasteiger partial charge in [0.1, 0.15) is 11.5 Å². The molecule has 1 aromatic rings. The molecular formula is C12H17FN2O3. The highest BCUT2D eigenvalue weighted by atomic mass is 19.1. The van der Waals surface area contributed by atoms with E-state index in [-0.39, 0.29) is 24.5 Å². The van der Waals surface area contributed by atoms with Gasteiger partial charge in [-0.1, -0.05) is 13.3 Å². The predicted octanol–water partition coefficient (Wildman–Crippen LogP) is 2.33. The minimum atomic E-state index is -0.537. The van der Waals surface area contributed by atoms with E-state index in [0.717, 1.165) is 31.0 Å². The summed E-state index contributed by atoms with van der Waals surface area (Å²) in [7, 11) is 0. The van der Waals surface area contributed by atoms with Gasteiger partial charge in [0, 0.05) is 25.2 Å². The number of nitrogens with zero attached hydrogens (tertiary/aromatic N) is 2. The molecule has 0 radical (unpaired) electrons. The Morgan fingerprint density at radius 3 is 2.72 bits per heavy atom. The fraction of sp³-hybridized carbons (Fsp3) is 0.500. The van der Waals surface area contributed by atoms with E-state index in [1.165, 1.54) is 0 Å². The maximum atomic E-state index is 13.2. The topological polar surface area (TPSA) is 66.6 Å². The van der Waals surface area contributed by atoms with Gasteiger partial charge in [0.2, 0.25) is 0 Å². The first-order chi connectivity index (χ1) is 8.60. The quantitative estimate of drug-likeness (QED) is 0.600. The summed E-state index contributed by atoms with van der Waals surface area (Å²) in [4.78, 5) is 12.0.